The third-order valence-electron chi connectivity index (χ3n) is 2.38. The predicted octanol–water partition coefficient (Wildman–Crippen LogP) is 1.90. The van der Waals surface area contributed by atoms with E-state index in [4.69, 9.17) is 0 Å². The molecule has 0 amide bonds. The number of fused-ring (bicyclic) bond motifs is 1. The van der Waals surface area contributed by atoms with E-state index < -0.39 is 0 Å². The molecular formula is C11H17N3O. The van der Waals surface area contributed by atoms with Crippen LogP contribution in [0, 0.1) is 13.8 Å². The maximum Gasteiger partial charge on any atom is 0.292 e. The van der Waals surface area contributed by atoms with E-state index >= 15 is 0 Å². The number of aromatic nitrogens is 3. The van der Waals surface area contributed by atoms with Gasteiger partial charge in [-0.3, -0.25) is 14.6 Å². The Bertz CT molecular complexity index is 522. The summed E-state index contributed by atoms with van der Waals surface area (Å²) in [6.07, 6.45) is 1.73. The molecule has 0 atom stereocenters. The van der Waals surface area contributed by atoms with Crippen LogP contribution in [0.4, 0.5) is 0 Å². The van der Waals surface area contributed by atoms with Crippen molar-refractivity contribution in [1.82, 2.24) is 14.8 Å². The average molecular weight is 207 g/mol. The molecular weight excluding hydrogens is 190 g/mol. The molecule has 0 saturated carbocycles. The van der Waals surface area contributed by atoms with Gasteiger partial charge in [-0.25, -0.2) is 4.98 Å². The fraction of sp³-hybridized carbons (Fsp3) is 0.455. The van der Waals surface area contributed by atoms with Gasteiger partial charge in [-0.05, 0) is 25.0 Å². The largest absolute Gasteiger partial charge is 0.293 e. The van der Waals surface area contributed by atoms with Crippen LogP contribution in [0.15, 0.2) is 11.0 Å². The number of hydrogen-bond donors (Lipinski definition) is 1. The predicted molar refractivity (Wildman–Crippen MR) is 62.2 cm³/mol. The minimum absolute atomic E-state index is 0.0712. The molecule has 0 radical (unpaired) electrons. The van der Waals surface area contributed by atoms with Gasteiger partial charge in [0.05, 0.1) is 5.52 Å². The van der Waals surface area contributed by atoms with Crippen molar-refractivity contribution in [1.29, 1.82) is 0 Å². The lowest BCUT2D eigenvalue weighted by Crippen LogP contribution is -2.11. The third-order valence-corrected chi connectivity index (χ3v) is 2.38. The molecule has 2 aromatic rings. The number of aryl methyl sites for hydroxylation is 3. The zero-order chi connectivity index (χ0) is 11.6. The molecule has 0 aliphatic rings. The standard InChI is InChI=1S/C9H11N3O.C2H6/c1-5-4-10-8-7(6(5)2)11-12(3)9(8)13;1-2/h4,11H,1-3H3;1-2H3. The lowest BCUT2D eigenvalue weighted by Gasteiger charge is -1.97. The van der Waals surface area contributed by atoms with Crippen molar-refractivity contribution in [2.24, 2.45) is 7.05 Å². The Labute approximate surface area is 88.9 Å². The zero-order valence-corrected chi connectivity index (χ0v) is 9.88. The number of H-pyrrole nitrogens is 1. The van der Waals surface area contributed by atoms with Crippen LogP contribution in [0.3, 0.4) is 0 Å². The highest BCUT2D eigenvalue weighted by atomic mass is 16.1. The summed E-state index contributed by atoms with van der Waals surface area (Å²) in [5, 5.41) is 2.98. The fourth-order valence-electron chi connectivity index (χ4n) is 1.37. The molecule has 1 N–H and O–H groups in total. The number of nitrogens with one attached hydrogen (secondary N) is 1. The summed E-state index contributed by atoms with van der Waals surface area (Å²) in [7, 11) is 1.69. The van der Waals surface area contributed by atoms with Gasteiger partial charge in [0.1, 0.15) is 0 Å². The van der Waals surface area contributed by atoms with E-state index in [1.54, 1.807) is 13.2 Å². The number of aromatic amines is 1. The average Bonchev–Trinajstić information content (AvgIpc) is 2.54. The molecule has 15 heavy (non-hydrogen) atoms. The van der Waals surface area contributed by atoms with Gasteiger partial charge in [-0.2, -0.15) is 0 Å². The summed E-state index contributed by atoms with van der Waals surface area (Å²) in [5.41, 5.74) is 3.47. The number of pyridine rings is 1. The molecule has 2 heterocycles. The van der Waals surface area contributed by atoms with Crippen LogP contribution in [0.1, 0.15) is 25.0 Å². The molecule has 0 aliphatic carbocycles. The van der Waals surface area contributed by atoms with Crippen LogP contribution in [-0.2, 0) is 7.05 Å². The molecule has 0 spiro atoms. The summed E-state index contributed by atoms with van der Waals surface area (Å²) >= 11 is 0. The molecule has 0 aromatic carbocycles. The fourth-order valence-corrected chi connectivity index (χ4v) is 1.37. The highest BCUT2D eigenvalue weighted by molar-refractivity contribution is 5.77. The van der Waals surface area contributed by atoms with Gasteiger partial charge >= 0.3 is 0 Å². The zero-order valence-electron chi connectivity index (χ0n) is 9.88. The SMILES string of the molecule is CC.Cc1cnc2c(=O)n(C)[nH]c2c1C. The highest BCUT2D eigenvalue weighted by Gasteiger charge is 2.08. The molecule has 0 unspecified atom stereocenters. The molecule has 0 fully saturated rings. The lowest BCUT2D eigenvalue weighted by atomic mass is 10.1. The summed E-state index contributed by atoms with van der Waals surface area (Å²) in [6.45, 7) is 7.96. The van der Waals surface area contributed by atoms with Gasteiger partial charge in [0.15, 0.2) is 5.52 Å². The Morgan fingerprint density at radius 1 is 1.33 bits per heavy atom. The van der Waals surface area contributed by atoms with Crippen LogP contribution in [-0.4, -0.2) is 14.8 Å². The van der Waals surface area contributed by atoms with Crippen molar-refractivity contribution in [3.05, 3.63) is 27.7 Å². The number of rotatable bonds is 0. The van der Waals surface area contributed by atoms with Gasteiger partial charge in [0.25, 0.3) is 5.56 Å². The lowest BCUT2D eigenvalue weighted by molar-refractivity contribution is 0.750. The molecule has 4 heteroatoms. The van der Waals surface area contributed by atoms with E-state index in [0.717, 1.165) is 16.6 Å². The Morgan fingerprint density at radius 3 is 2.53 bits per heavy atom. The van der Waals surface area contributed by atoms with Crippen molar-refractivity contribution in [2.45, 2.75) is 27.7 Å². The van der Waals surface area contributed by atoms with Crippen molar-refractivity contribution in [2.75, 3.05) is 0 Å². The maximum atomic E-state index is 11.5. The van der Waals surface area contributed by atoms with Crippen molar-refractivity contribution >= 4 is 11.0 Å². The van der Waals surface area contributed by atoms with Gasteiger partial charge in [0, 0.05) is 13.2 Å². The second-order valence-electron chi connectivity index (χ2n) is 3.27. The molecule has 82 valence electrons. The first-order chi connectivity index (χ1) is 7.11. The van der Waals surface area contributed by atoms with Gasteiger partial charge in [0.2, 0.25) is 0 Å². The quantitative estimate of drug-likeness (QED) is 0.717. The first-order valence-electron chi connectivity index (χ1n) is 5.12. The second kappa shape index (κ2) is 4.29. The molecule has 2 aromatic heterocycles. The first-order valence-corrected chi connectivity index (χ1v) is 5.12. The minimum Gasteiger partial charge on any atom is -0.293 e. The smallest absolute Gasteiger partial charge is 0.292 e. The van der Waals surface area contributed by atoms with Crippen LogP contribution in [0.25, 0.3) is 11.0 Å². The van der Waals surface area contributed by atoms with Crippen molar-refractivity contribution in [3.63, 3.8) is 0 Å². The van der Waals surface area contributed by atoms with E-state index in [0.29, 0.717) is 5.52 Å². The van der Waals surface area contributed by atoms with Crippen LogP contribution in [0.5, 0.6) is 0 Å². The monoisotopic (exact) mass is 207 g/mol. The van der Waals surface area contributed by atoms with E-state index in [1.807, 2.05) is 27.7 Å². The third kappa shape index (κ3) is 1.79. The van der Waals surface area contributed by atoms with Gasteiger partial charge < -0.3 is 0 Å². The normalized spacial score (nSPS) is 9.93. The number of hydrogen-bond acceptors (Lipinski definition) is 2. The van der Waals surface area contributed by atoms with Crippen LogP contribution >= 0.6 is 0 Å². The van der Waals surface area contributed by atoms with E-state index in [-0.39, 0.29) is 5.56 Å². The second-order valence-corrected chi connectivity index (χ2v) is 3.27. The van der Waals surface area contributed by atoms with E-state index in [1.165, 1.54) is 4.68 Å². The Hall–Kier alpha value is -1.58. The van der Waals surface area contributed by atoms with Gasteiger partial charge in [-0.1, -0.05) is 13.8 Å². The summed E-state index contributed by atoms with van der Waals surface area (Å²) in [6, 6.07) is 0. The molecule has 4 nitrogen and oxygen atoms in total. The first kappa shape index (κ1) is 11.5. The van der Waals surface area contributed by atoms with Crippen LogP contribution in [0.2, 0.25) is 0 Å². The maximum absolute atomic E-state index is 11.5. The topological polar surface area (TPSA) is 50.7 Å². The van der Waals surface area contributed by atoms with E-state index in [2.05, 4.69) is 10.1 Å². The molecule has 0 saturated heterocycles. The Morgan fingerprint density at radius 2 is 1.93 bits per heavy atom. The Balaban J connectivity index is 0.000000531. The molecule has 2 rings (SSSR count). The summed E-state index contributed by atoms with van der Waals surface area (Å²) < 4.78 is 1.45. The number of nitrogens with zero attached hydrogens (tertiary/aromatic N) is 2. The van der Waals surface area contributed by atoms with E-state index in [9.17, 15) is 4.79 Å². The van der Waals surface area contributed by atoms with Gasteiger partial charge in [-0.15, -0.1) is 0 Å². The summed E-state index contributed by atoms with van der Waals surface area (Å²) in [4.78, 5) is 15.6. The van der Waals surface area contributed by atoms with Crippen molar-refractivity contribution in [3.8, 4) is 0 Å². The molecule has 0 bridgehead atoms. The minimum atomic E-state index is -0.0712. The van der Waals surface area contributed by atoms with Crippen LogP contribution < -0.4 is 5.56 Å². The summed E-state index contributed by atoms with van der Waals surface area (Å²) in [5.74, 6) is 0. The molecule has 0 aliphatic heterocycles. The highest BCUT2D eigenvalue weighted by Crippen LogP contribution is 2.13. The Kier molecular flexibility index (Phi) is 3.29. The van der Waals surface area contributed by atoms with Crippen molar-refractivity contribution < 1.29 is 0 Å².